The Morgan fingerprint density at radius 1 is 1.11 bits per heavy atom. The van der Waals surface area contributed by atoms with Gasteiger partial charge < -0.3 is 24.6 Å². The maximum absolute atomic E-state index is 14.3. The van der Waals surface area contributed by atoms with Crippen molar-refractivity contribution in [2.75, 3.05) is 57.6 Å². The molecule has 0 radical (unpaired) electrons. The molecule has 1 saturated heterocycles. The van der Waals surface area contributed by atoms with Gasteiger partial charge in [0.05, 0.1) is 31.5 Å². The van der Waals surface area contributed by atoms with Crippen LogP contribution in [0, 0.1) is 0 Å². The first-order valence-electron chi connectivity index (χ1n) is 18.1. The molecule has 2 amide bonds. The van der Waals surface area contributed by atoms with Crippen molar-refractivity contribution in [2.45, 2.75) is 58.1 Å². The lowest BCUT2D eigenvalue weighted by molar-refractivity contribution is 0.0880. The molecule has 290 valence electrons. The number of alkyl carbamates (subject to hydrolysis) is 1. The highest BCUT2D eigenvalue weighted by Gasteiger charge is 2.27. The highest BCUT2D eigenvalue weighted by molar-refractivity contribution is 7.14. The molecule has 6 rings (SSSR count). The number of aromatic nitrogens is 7. The molecular weight excluding hydrogens is 723 g/mol. The summed E-state index contributed by atoms with van der Waals surface area (Å²) in [4.78, 5) is 53.9. The van der Waals surface area contributed by atoms with Crippen molar-refractivity contribution in [3.63, 3.8) is 0 Å². The Bertz CT molecular complexity index is 2200. The summed E-state index contributed by atoms with van der Waals surface area (Å²) in [5.74, 6) is 1.19. The topological polar surface area (TPSA) is 174 Å². The molecule has 1 atom stereocenters. The summed E-state index contributed by atoms with van der Waals surface area (Å²) < 4.78 is 14.1. The zero-order chi connectivity index (χ0) is 39.1. The number of methoxy groups -OCH3 is 1. The summed E-state index contributed by atoms with van der Waals surface area (Å²) in [5, 5.41) is 20.3. The van der Waals surface area contributed by atoms with Gasteiger partial charge in [0, 0.05) is 35.6 Å². The lowest BCUT2D eigenvalue weighted by Crippen LogP contribution is -2.43. The average molecular weight is 770 g/mol. The number of carbonyl (C=O) groups excluding carboxylic acids is 2. The van der Waals surface area contributed by atoms with Crippen LogP contribution in [0.5, 0.6) is 5.75 Å². The highest BCUT2D eigenvalue weighted by atomic mass is 32.1. The predicted octanol–water partition coefficient (Wildman–Crippen LogP) is 4.56. The summed E-state index contributed by atoms with van der Waals surface area (Å²) in [6.07, 6.45) is 6.14. The van der Waals surface area contributed by atoms with Crippen LogP contribution in [0.15, 0.2) is 52.8 Å². The second kappa shape index (κ2) is 17.2. The fraction of sp³-hybridized carbons (Fsp3) is 0.421. The predicted molar refractivity (Wildman–Crippen MR) is 212 cm³/mol. The number of benzene rings is 1. The zero-order valence-electron chi connectivity index (χ0n) is 32.0. The molecule has 5 aromatic rings. The Kier molecular flexibility index (Phi) is 12.2. The van der Waals surface area contributed by atoms with E-state index in [2.05, 4.69) is 56.8 Å². The minimum absolute atomic E-state index is 0.160. The second-order valence-electron chi connectivity index (χ2n) is 14.6. The lowest BCUT2D eigenvalue weighted by Gasteiger charge is -2.34. The van der Waals surface area contributed by atoms with Crippen LogP contribution in [-0.2, 0) is 16.7 Å². The minimum atomic E-state index is -0.480. The number of piperidine rings is 1. The molecule has 16 nitrogen and oxygen atoms in total. The Hall–Kier alpha value is -5.68. The van der Waals surface area contributed by atoms with Crippen LogP contribution in [-0.4, -0.2) is 105 Å². The number of nitrogens with one attached hydrogen (secondary N) is 2. The van der Waals surface area contributed by atoms with Crippen LogP contribution < -0.4 is 25.8 Å². The first-order chi connectivity index (χ1) is 26.4. The summed E-state index contributed by atoms with van der Waals surface area (Å²) in [6, 6.07) is 10.8. The Balaban J connectivity index is 1.30. The van der Waals surface area contributed by atoms with Gasteiger partial charge in [-0.05, 0) is 92.3 Å². The van der Waals surface area contributed by atoms with Crippen LogP contribution >= 0.6 is 11.3 Å². The number of nitrogens with zero attached hydrogens (tertiary/aromatic N) is 9. The number of thiazole rings is 1. The van der Waals surface area contributed by atoms with Gasteiger partial charge in [0.1, 0.15) is 23.3 Å². The average Bonchev–Trinajstić information content (AvgIpc) is 3.83. The largest absolute Gasteiger partial charge is 0.497 e. The van der Waals surface area contributed by atoms with Crippen molar-refractivity contribution >= 4 is 52.1 Å². The minimum Gasteiger partial charge on any atom is -0.497 e. The molecule has 55 heavy (non-hydrogen) atoms. The van der Waals surface area contributed by atoms with Crippen LogP contribution in [0.25, 0.3) is 17.8 Å². The van der Waals surface area contributed by atoms with E-state index in [4.69, 9.17) is 14.5 Å². The quantitative estimate of drug-likeness (QED) is 0.160. The Morgan fingerprint density at radius 3 is 2.64 bits per heavy atom. The maximum atomic E-state index is 14.3. The third-order valence-corrected chi connectivity index (χ3v) is 9.81. The fourth-order valence-electron chi connectivity index (χ4n) is 6.02. The van der Waals surface area contributed by atoms with Gasteiger partial charge in [-0.3, -0.25) is 19.3 Å². The number of hydrogen-bond acceptors (Lipinski definition) is 13. The number of fused-ring (bicyclic) bond motifs is 1. The van der Waals surface area contributed by atoms with E-state index in [1.165, 1.54) is 15.7 Å². The van der Waals surface area contributed by atoms with Gasteiger partial charge in [-0.1, -0.05) is 32.9 Å². The standard InChI is InChI=1S/C38H47N11O5S/c1-38(2,3)30-24-55-36(40-30)42-34(50)26-16-20-48-32(21-26)41-33(47-19-7-9-28(23-47)54-37(52)39-17-8-18-46(4)5)29(35(48)51)14-15-31-43-44-45-49(31)22-25-10-12-27(53-6)13-11-25/h10-16,20-21,24,28H,7-9,17-19,22-23H2,1-6H3,(H,39,52)(H,40,42,50)/b15-14+/t28-/m1/s1. The molecule has 4 aromatic heterocycles. The molecule has 0 unspecified atom stereocenters. The summed E-state index contributed by atoms with van der Waals surface area (Å²) in [7, 11) is 5.58. The number of carbonyl (C=O) groups is 2. The first kappa shape index (κ1) is 39.0. The molecule has 0 spiro atoms. The van der Waals surface area contributed by atoms with Gasteiger partial charge in [0.25, 0.3) is 11.5 Å². The van der Waals surface area contributed by atoms with Gasteiger partial charge in [0.15, 0.2) is 11.0 Å². The van der Waals surface area contributed by atoms with E-state index in [0.29, 0.717) is 66.9 Å². The fourth-order valence-corrected chi connectivity index (χ4v) is 6.96. The number of hydrogen-bond donors (Lipinski definition) is 2. The number of pyridine rings is 1. The summed E-state index contributed by atoms with van der Waals surface area (Å²) >= 11 is 1.36. The van der Waals surface area contributed by atoms with E-state index >= 15 is 0 Å². The van der Waals surface area contributed by atoms with E-state index in [-0.39, 0.29) is 22.5 Å². The molecule has 17 heteroatoms. The summed E-state index contributed by atoms with van der Waals surface area (Å²) in [6.45, 7) is 8.81. The van der Waals surface area contributed by atoms with Crippen molar-refractivity contribution in [2.24, 2.45) is 0 Å². The number of tetrazole rings is 1. The molecule has 0 bridgehead atoms. The van der Waals surface area contributed by atoms with Crippen molar-refractivity contribution in [1.29, 1.82) is 0 Å². The normalized spacial score (nSPS) is 14.8. The van der Waals surface area contributed by atoms with Gasteiger partial charge in [0.2, 0.25) is 0 Å². The molecular formula is C38H47N11O5S. The molecule has 1 aliphatic rings. The summed E-state index contributed by atoms with van der Waals surface area (Å²) in [5.41, 5.74) is 2.22. The zero-order valence-corrected chi connectivity index (χ0v) is 32.8. The second-order valence-corrected chi connectivity index (χ2v) is 15.5. The van der Waals surface area contributed by atoms with Crippen molar-refractivity contribution < 1.29 is 19.1 Å². The number of anilines is 2. The van der Waals surface area contributed by atoms with Gasteiger partial charge in [-0.15, -0.1) is 16.4 Å². The Morgan fingerprint density at radius 2 is 1.91 bits per heavy atom. The van der Waals surface area contributed by atoms with Crippen molar-refractivity contribution in [1.82, 2.24) is 44.8 Å². The number of ether oxygens (including phenoxy) is 2. The molecule has 5 heterocycles. The molecule has 0 aliphatic carbocycles. The third-order valence-electron chi connectivity index (χ3n) is 9.05. The van der Waals surface area contributed by atoms with Crippen LogP contribution in [0.4, 0.5) is 15.7 Å². The molecule has 2 N–H and O–H groups in total. The van der Waals surface area contributed by atoms with E-state index < -0.39 is 12.2 Å². The Labute approximate surface area is 323 Å². The lowest BCUT2D eigenvalue weighted by atomic mass is 9.93. The number of amides is 2. The monoisotopic (exact) mass is 769 g/mol. The van der Waals surface area contributed by atoms with Gasteiger partial charge in [-0.25, -0.2) is 19.4 Å². The molecule has 0 saturated carbocycles. The van der Waals surface area contributed by atoms with E-state index in [1.54, 1.807) is 42.3 Å². The van der Waals surface area contributed by atoms with Crippen LogP contribution in [0.1, 0.15) is 73.0 Å². The van der Waals surface area contributed by atoms with E-state index in [0.717, 1.165) is 30.0 Å². The first-order valence-corrected chi connectivity index (χ1v) is 19.0. The van der Waals surface area contributed by atoms with Gasteiger partial charge in [-0.2, -0.15) is 0 Å². The third kappa shape index (κ3) is 9.90. The molecule has 1 fully saturated rings. The highest BCUT2D eigenvalue weighted by Crippen LogP contribution is 2.28. The van der Waals surface area contributed by atoms with E-state index in [1.807, 2.05) is 48.6 Å². The molecule has 1 aliphatic heterocycles. The van der Waals surface area contributed by atoms with Crippen molar-refractivity contribution in [3.8, 4) is 5.75 Å². The van der Waals surface area contributed by atoms with Crippen LogP contribution in [0.3, 0.4) is 0 Å². The SMILES string of the molecule is COc1ccc(Cn2nnnc2/C=C/c2c(N3CCC[C@@H](OC(=O)NCCCN(C)C)C3)nc3cc(C(=O)Nc4nc(C(C)(C)C)cs4)ccn3c2=O)cc1. The van der Waals surface area contributed by atoms with Crippen LogP contribution in [0.2, 0.25) is 0 Å². The number of rotatable bonds is 13. The maximum Gasteiger partial charge on any atom is 0.407 e. The van der Waals surface area contributed by atoms with E-state index in [9.17, 15) is 14.4 Å². The van der Waals surface area contributed by atoms with Crippen molar-refractivity contribution in [3.05, 3.63) is 86.5 Å². The van der Waals surface area contributed by atoms with Gasteiger partial charge >= 0.3 is 6.09 Å². The molecule has 1 aromatic carbocycles. The smallest absolute Gasteiger partial charge is 0.407 e.